The summed E-state index contributed by atoms with van der Waals surface area (Å²) in [6, 6.07) is 9.28. The second kappa shape index (κ2) is 10.0. The van der Waals surface area contributed by atoms with Crippen LogP contribution >= 0.6 is 11.8 Å². The van der Waals surface area contributed by atoms with Crippen molar-refractivity contribution in [3.05, 3.63) is 60.7 Å². The predicted octanol–water partition coefficient (Wildman–Crippen LogP) is 3.14. The first-order valence-electron chi connectivity index (χ1n) is 9.33. The van der Waals surface area contributed by atoms with Crippen LogP contribution < -0.4 is 14.8 Å². The van der Waals surface area contributed by atoms with Gasteiger partial charge in [-0.3, -0.25) is 4.79 Å². The molecular weight excluding hydrogens is 402 g/mol. The molecule has 0 bridgehead atoms. The molecule has 2 heterocycles. The van der Waals surface area contributed by atoms with Crippen LogP contribution in [0.15, 0.2) is 54.3 Å². The fourth-order valence-corrected chi connectivity index (χ4v) is 3.70. The Morgan fingerprint density at radius 3 is 2.77 bits per heavy atom. The molecule has 3 rings (SSSR count). The van der Waals surface area contributed by atoms with Gasteiger partial charge in [-0.2, -0.15) is 0 Å². The molecule has 3 aromatic rings. The van der Waals surface area contributed by atoms with Gasteiger partial charge >= 0.3 is 0 Å². The predicted molar refractivity (Wildman–Crippen MR) is 117 cm³/mol. The van der Waals surface area contributed by atoms with Crippen molar-refractivity contribution in [2.45, 2.75) is 18.1 Å². The van der Waals surface area contributed by atoms with E-state index in [9.17, 15) is 4.79 Å². The number of allylic oxidation sites excluding steroid dienone is 1. The molecule has 1 amide bonds. The Balaban J connectivity index is 1.67. The second-order valence-corrected chi connectivity index (χ2v) is 7.43. The van der Waals surface area contributed by atoms with Gasteiger partial charge in [-0.05, 0) is 24.3 Å². The minimum Gasteiger partial charge on any atom is -0.497 e. The summed E-state index contributed by atoms with van der Waals surface area (Å²) in [4.78, 5) is 12.5. The van der Waals surface area contributed by atoms with Gasteiger partial charge in [-0.15, -0.1) is 16.8 Å². The fraction of sp³-hybridized carbons (Fsp3) is 0.286. The molecule has 0 radical (unpaired) electrons. The SMILES string of the molecule is C=CCn1c(Cc2cccn2C)nnc1SCC(=O)Nc1ccc(OC)cc1OC. The molecule has 0 unspecified atom stereocenters. The molecule has 0 spiro atoms. The van der Waals surface area contributed by atoms with Crippen molar-refractivity contribution in [3.63, 3.8) is 0 Å². The third kappa shape index (κ3) is 5.04. The standard InChI is InChI=1S/C21H25N5O3S/c1-5-10-26-19(12-15-7-6-11-25(15)2)23-24-21(26)30-14-20(27)22-17-9-8-16(28-3)13-18(17)29-4/h5-9,11,13H,1,10,12,14H2,2-4H3,(H,22,27). The first kappa shape index (κ1) is 21.5. The molecule has 2 aromatic heterocycles. The van der Waals surface area contributed by atoms with Crippen LogP contribution in [-0.4, -0.2) is 45.2 Å². The average molecular weight is 428 g/mol. The molecule has 0 fully saturated rings. The fourth-order valence-electron chi connectivity index (χ4n) is 2.93. The van der Waals surface area contributed by atoms with Crippen LogP contribution in [0.1, 0.15) is 11.5 Å². The topological polar surface area (TPSA) is 83.2 Å². The Morgan fingerprint density at radius 2 is 2.10 bits per heavy atom. The lowest BCUT2D eigenvalue weighted by molar-refractivity contribution is -0.113. The molecule has 9 heteroatoms. The molecule has 0 aliphatic rings. The number of hydrogen-bond acceptors (Lipinski definition) is 6. The van der Waals surface area contributed by atoms with Gasteiger partial charge in [-0.25, -0.2) is 0 Å². The van der Waals surface area contributed by atoms with Crippen LogP contribution in [0.5, 0.6) is 11.5 Å². The van der Waals surface area contributed by atoms with E-state index in [1.54, 1.807) is 38.5 Å². The van der Waals surface area contributed by atoms with E-state index in [0.29, 0.717) is 35.3 Å². The lowest BCUT2D eigenvalue weighted by atomic mass is 10.2. The lowest BCUT2D eigenvalue weighted by Gasteiger charge is -2.12. The summed E-state index contributed by atoms with van der Waals surface area (Å²) in [6.45, 7) is 4.39. The van der Waals surface area contributed by atoms with Crippen LogP contribution in [0.4, 0.5) is 5.69 Å². The molecule has 0 aliphatic carbocycles. The first-order valence-corrected chi connectivity index (χ1v) is 10.3. The van der Waals surface area contributed by atoms with Gasteiger partial charge in [0, 0.05) is 38.0 Å². The van der Waals surface area contributed by atoms with Crippen molar-refractivity contribution in [2.75, 3.05) is 25.3 Å². The zero-order chi connectivity index (χ0) is 21.5. The van der Waals surface area contributed by atoms with Crippen molar-refractivity contribution in [1.82, 2.24) is 19.3 Å². The molecule has 0 atom stereocenters. The number of ether oxygens (including phenoxy) is 2. The molecule has 1 N–H and O–H groups in total. The monoisotopic (exact) mass is 427 g/mol. The van der Waals surface area contributed by atoms with Gasteiger partial charge < -0.3 is 23.9 Å². The number of amides is 1. The zero-order valence-electron chi connectivity index (χ0n) is 17.3. The van der Waals surface area contributed by atoms with E-state index in [1.165, 1.54) is 11.8 Å². The van der Waals surface area contributed by atoms with Crippen molar-refractivity contribution in [3.8, 4) is 11.5 Å². The van der Waals surface area contributed by atoms with E-state index >= 15 is 0 Å². The van der Waals surface area contributed by atoms with Gasteiger partial charge in [0.1, 0.15) is 17.3 Å². The number of thioether (sulfide) groups is 1. The number of nitrogens with zero attached hydrogens (tertiary/aromatic N) is 4. The van der Waals surface area contributed by atoms with Gasteiger partial charge in [0.15, 0.2) is 5.16 Å². The minimum absolute atomic E-state index is 0.166. The Morgan fingerprint density at radius 1 is 1.27 bits per heavy atom. The number of aromatic nitrogens is 4. The quantitative estimate of drug-likeness (QED) is 0.395. The summed E-state index contributed by atoms with van der Waals surface area (Å²) in [5, 5.41) is 12.1. The first-order chi connectivity index (χ1) is 14.5. The van der Waals surface area contributed by atoms with Gasteiger partial charge in [0.25, 0.3) is 0 Å². The zero-order valence-corrected chi connectivity index (χ0v) is 18.1. The van der Waals surface area contributed by atoms with E-state index in [4.69, 9.17) is 9.47 Å². The highest BCUT2D eigenvalue weighted by Crippen LogP contribution is 2.29. The summed E-state index contributed by atoms with van der Waals surface area (Å²) in [7, 11) is 5.12. The number of carbonyl (C=O) groups is 1. The van der Waals surface area contributed by atoms with Crippen molar-refractivity contribution in [1.29, 1.82) is 0 Å². The normalized spacial score (nSPS) is 10.6. The number of benzene rings is 1. The van der Waals surface area contributed by atoms with Crippen LogP contribution in [0.25, 0.3) is 0 Å². The van der Waals surface area contributed by atoms with Crippen LogP contribution in [0, 0.1) is 0 Å². The maximum Gasteiger partial charge on any atom is 0.234 e. The number of hydrogen-bond donors (Lipinski definition) is 1. The molecule has 30 heavy (non-hydrogen) atoms. The highest BCUT2D eigenvalue weighted by molar-refractivity contribution is 7.99. The number of nitrogens with one attached hydrogen (secondary N) is 1. The second-order valence-electron chi connectivity index (χ2n) is 6.49. The Hall–Kier alpha value is -3.20. The van der Waals surface area contributed by atoms with E-state index in [1.807, 2.05) is 23.9 Å². The Bertz CT molecular complexity index is 1030. The van der Waals surface area contributed by atoms with Crippen LogP contribution in [0.3, 0.4) is 0 Å². The number of aryl methyl sites for hydroxylation is 1. The maximum absolute atomic E-state index is 12.5. The van der Waals surface area contributed by atoms with E-state index < -0.39 is 0 Å². The summed E-state index contributed by atoms with van der Waals surface area (Å²) < 4.78 is 14.5. The highest BCUT2D eigenvalue weighted by Gasteiger charge is 2.16. The maximum atomic E-state index is 12.5. The van der Waals surface area contributed by atoms with Gasteiger partial charge in [0.05, 0.1) is 25.7 Å². The lowest BCUT2D eigenvalue weighted by Crippen LogP contribution is -2.15. The summed E-state index contributed by atoms with van der Waals surface area (Å²) >= 11 is 1.33. The molecule has 158 valence electrons. The van der Waals surface area contributed by atoms with Crippen molar-refractivity contribution in [2.24, 2.45) is 7.05 Å². The summed E-state index contributed by atoms with van der Waals surface area (Å²) in [5.41, 5.74) is 1.72. The molecule has 1 aromatic carbocycles. The summed E-state index contributed by atoms with van der Waals surface area (Å²) in [5.74, 6) is 2.04. The number of rotatable bonds is 10. The van der Waals surface area contributed by atoms with E-state index in [0.717, 1.165) is 11.5 Å². The van der Waals surface area contributed by atoms with Gasteiger partial charge in [-0.1, -0.05) is 17.8 Å². The van der Waals surface area contributed by atoms with Crippen molar-refractivity contribution >= 4 is 23.4 Å². The highest BCUT2D eigenvalue weighted by atomic mass is 32.2. The van der Waals surface area contributed by atoms with Crippen molar-refractivity contribution < 1.29 is 14.3 Å². The molecule has 0 saturated carbocycles. The third-order valence-corrected chi connectivity index (χ3v) is 5.48. The van der Waals surface area contributed by atoms with Gasteiger partial charge in [0.2, 0.25) is 5.91 Å². The summed E-state index contributed by atoms with van der Waals surface area (Å²) in [6.07, 6.45) is 4.45. The number of carbonyl (C=O) groups excluding carboxylic acids is 1. The Kier molecular flexibility index (Phi) is 7.18. The van der Waals surface area contributed by atoms with Crippen LogP contribution in [0.2, 0.25) is 0 Å². The average Bonchev–Trinajstić information content (AvgIpc) is 3.33. The Labute approximate surface area is 179 Å². The third-order valence-electron chi connectivity index (χ3n) is 4.51. The molecule has 8 nitrogen and oxygen atoms in total. The molecule has 0 aliphatic heterocycles. The van der Waals surface area contributed by atoms with Crippen LogP contribution in [-0.2, 0) is 24.8 Å². The molecular formula is C21H25N5O3S. The number of anilines is 1. The largest absolute Gasteiger partial charge is 0.497 e. The number of methoxy groups -OCH3 is 2. The molecule has 0 saturated heterocycles. The van der Waals surface area contributed by atoms with E-state index in [-0.39, 0.29) is 11.7 Å². The smallest absolute Gasteiger partial charge is 0.234 e. The minimum atomic E-state index is -0.166. The van der Waals surface area contributed by atoms with E-state index in [2.05, 4.69) is 32.7 Å².